The van der Waals surface area contributed by atoms with Gasteiger partial charge in [0.1, 0.15) is 11.6 Å². The molecular formula is C15H9FN2O2S2. The first kappa shape index (κ1) is 14.7. The Morgan fingerprint density at radius 1 is 1.27 bits per heavy atom. The minimum atomic E-state index is -0.414. The van der Waals surface area contributed by atoms with Crippen LogP contribution in [-0.4, -0.2) is 21.5 Å². The maximum absolute atomic E-state index is 13.5. The molecule has 0 N–H and O–H groups in total. The van der Waals surface area contributed by atoms with Crippen LogP contribution in [0, 0.1) is 5.82 Å². The molecule has 0 aliphatic carbocycles. The van der Waals surface area contributed by atoms with Crippen molar-refractivity contribution in [2.75, 3.05) is 0 Å². The van der Waals surface area contributed by atoms with Crippen LogP contribution in [0.25, 0.3) is 6.08 Å². The van der Waals surface area contributed by atoms with Crippen LogP contribution in [0.5, 0.6) is 0 Å². The minimum absolute atomic E-state index is 0.284. The van der Waals surface area contributed by atoms with E-state index in [-0.39, 0.29) is 15.8 Å². The van der Waals surface area contributed by atoms with Gasteiger partial charge in [-0.3, -0.25) is 4.79 Å². The van der Waals surface area contributed by atoms with Crippen LogP contribution in [0.1, 0.15) is 11.3 Å². The van der Waals surface area contributed by atoms with Crippen LogP contribution in [0.15, 0.2) is 57.1 Å². The molecule has 0 unspecified atom stereocenters. The van der Waals surface area contributed by atoms with Gasteiger partial charge >= 0.3 is 0 Å². The Balaban J connectivity index is 1.82. The second-order valence-corrected chi connectivity index (χ2v) is 5.95. The van der Waals surface area contributed by atoms with Gasteiger partial charge in [-0.1, -0.05) is 30.0 Å². The largest absolute Gasteiger partial charge is 0.465 e. The molecule has 1 aliphatic heterocycles. The highest BCUT2D eigenvalue weighted by molar-refractivity contribution is 8.26. The number of nitrogens with zero attached hydrogens (tertiary/aromatic N) is 2. The molecule has 0 radical (unpaired) electrons. The van der Waals surface area contributed by atoms with Gasteiger partial charge in [-0.25, -0.2) is 4.39 Å². The van der Waals surface area contributed by atoms with Gasteiger partial charge in [0.25, 0.3) is 5.91 Å². The third-order valence-corrected chi connectivity index (χ3v) is 4.09. The molecular weight excluding hydrogens is 323 g/mol. The number of furan rings is 1. The first-order valence-corrected chi connectivity index (χ1v) is 7.47. The lowest BCUT2D eigenvalue weighted by Crippen LogP contribution is -2.22. The monoisotopic (exact) mass is 332 g/mol. The highest BCUT2D eigenvalue weighted by Gasteiger charge is 2.32. The molecule has 0 saturated carbocycles. The zero-order chi connectivity index (χ0) is 15.5. The van der Waals surface area contributed by atoms with Crippen molar-refractivity contribution in [2.45, 2.75) is 0 Å². The minimum Gasteiger partial charge on any atom is -0.465 e. The second-order valence-electron chi connectivity index (χ2n) is 4.28. The number of hydrazone groups is 1. The van der Waals surface area contributed by atoms with E-state index >= 15 is 0 Å². The molecule has 4 nitrogen and oxygen atoms in total. The summed E-state index contributed by atoms with van der Waals surface area (Å²) in [7, 11) is 0. The van der Waals surface area contributed by atoms with Gasteiger partial charge in [0, 0.05) is 11.6 Å². The number of rotatable bonds is 3. The molecule has 1 amide bonds. The number of carbonyl (C=O) groups excluding carboxylic acids is 1. The van der Waals surface area contributed by atoms with E-state index in [0.29, 0.717) is 10.7 Å². The smallest absolute Gasteiger partial charge is 0.286 e. The SMILES string of the molecule is O=C1/C(=C\c2ccco2)SC(=S)N1/N=C/c1ccccc1F. The number of halogens is 1. The van der Waals surface area contributed by atoms with Crippen molar-refractivity contribution in [3.63, 3.8) is 0 Å². The van der Waals surface area contributed by atoms with Gasteiger partial charge in [0.05, 0.1) is 17.4 Å². The average molecular weight is 332 g/mol. The van der Waals surface area contributed by atoms with E-state index in [0.717, 1.165) is 16.8 Å². The summed E-state index contributed by atoms with van der Waals surface area (Å²) in [5, 5.41) is 5.05. The fourth-order valence-electron chi connectivity index (χ4n) is 1.76. The van der Waals surface area contributed by atoms with Gasteiger partial charge in [0.15, 0.2) is 4.32 Å². The van der Waals surface area contributed by atoms with E-state index in [1.807, 2.05) is 0 Å². The number of thiocarbonyl (C=S) groups is 1. The zero-order valence-electron chi connectivity index (χ0n) is 11.1. The maximum atomic E-state index is 13.5. The summed E-state index contributed by atoms with van der Waals surface area (Å²) < 4.78 is 19.0. The van der Waals surface area contributed by atoms with Gasteiger partial charge in [-0.2, -0.15) is 10.1 Å². The lowest BCUT2D eigenvalue weighted by atomic mass is 10.2. The molecule has 22 heavy (non-hydrogen) atoms. The Bertz CT molecular complexity index is 785. The summed E-state index contributed by atoms with van der Waals surface area (Å²) in [5.74, 6) is -0.222. The summed E-state index contributed by atoms with van der Waals surface area (Å²) >= 11 is 6.25. The van der Waals surface area contributed by atoms with Crippen molar-refractivity contribution >= 4 is 46.5 Å². The maximum Gasteiger partial charge on any atom is 0.286 e. The predicted molar refractivity (Wildman–Crippen MR) is 87.7 cm³/mol. The molecule has 1 fully saturated rings. The van der Waals surface area contributed by atoms with E-state index in [1.54, 1.807) is 36.4 Å². The topological polar surface area (TPSA) is 45.8 Å². The molecule has 3 rings (SSSR count). The van der Waals surface area contributed by atoms with Crippen LogP contribution in [0.3, 0.4) is 0 Å². The van der Waals surface area contributed by atoms with Crippen LogP contribution < -0.4 is 0 Å². The van der Waals surface area contributed by atoms with Gasteiger partial charge < -0.3 is 4.42 Å². The second kappa shape index (κ2) is 6.25. The molecule has 2 aromatic rings. The van der Waals surface area contributed by atoms with Gasteiger partial charge in [0.2, 0.25) is 0 Å². The van der Waals surface area contributed by atoms with Crippen LogP contribution in [-0.2, 0) is 4.79 Å². The Hall–Kier alpha value is -2.25. The van der Waals surface area contributed by atoms with E-state index in [1.165, 1.54) is 18.5 Å². The van der Waals surface area contributed by atoms with Crippen molar-refractivity contribution < 1.29 is 13.6 Å². The van der Waals surface area contributed by atoms with Crippen molar-refractivity contribution in [3.8, 4) is 0 Å². The van der Waals surface area contributed by atoms with Crippen molar-refractivity contribution in [2.24, 2.45) is 5.10 Å². The molecule has 1 saturated heterocycles. The molecule has 1 aliphatic rings. The molecule has 7 heteroatoms. The van der Waals surface area contributed by atoms with Crippen LogP contribution in [0.2, 0.25) is 0 Å². The summed E-state index contributed by atoms with van der Waals surface area (Å²) in [4.78, 5) is 12.7. The van der Waals surface area contributed by atoms with E-state index < -0.39 is 5.82 Å². The fourth-order valence-corrected chi connectivity index (χ4v) is 2.91. The van der Waals surface area contributed by atoms with Crippen molar-refractivity contribution in [1.82, 2.24) is 5.01 Å². The van der Waals surface area contributed by atoms with Crippen LogP contribution in [0.4, 0.5) is 4.39 Å². The molecule has 0 atom stereocenters. The van der Waals surface area contributed by atoms with E-state index in [9.17, 15) is 9.18 Å². The number of amides is 1. The average Bonchev–Trinajstić information content (AvgIpc) is 3.09. The van der Waals surface area contributed by atoms with Crippen LogP contribution >= 0.6 is 24.0 Å². The number of hydrogen-bond acceptors (Lipinski definition) is 5. The van der Waals surface area contributed by atoms with E-state index in [4.69, 9.17) is 16.6 Å². The Labute approximate surface area is 135 Å². The Kier molecular flexibility index (Phi) is 4.17. The van der Waals surface area contributed by atoms with Gasteiger partial charge in [-0.05, 0) is 30.4 Å². The number of thioether (sulfide) groups is 1. The van der Waals surface area contributed by atoms with Crippen molar-refractivity contribution in [3.05, 3.63) is 64.7 Å². The fraction of sp³-hybridized carbons (Fsp3) is 0. The summed E-state index contributed by atoms with van der Waals surface area (Å²) in [6.45, 7) is 0. The molecule has 1 aromatic heterocycles. The van der Waals surface area contributed by atoms with Crippen molar-refractivity contribution in [1.29, 1.82) is 0 Å². The number of carbonyl (C=O) groups is 1. The summed E-state index contributed by atoms with van der Waals surface area (Å²) in [6, 6.07) is 9.61. The standard InChI is InChI=1S/C15H9FN2O2S2/c16-12-6-2-1-4-10(12)9-17-18-14(19)13(22-15(18)21)8-11-5-3-7-20-11/h1-9H/b13-8+,17-9+. The lowest BCUT2D eigenvalue weighted by Gasteiger charge is -2.06. The first-order valence-electron chi connectivity index (χ1n) is 6.25. The normalized spacial score (nSPS) is 17.1. The summed E-state index contributed by atoms with van der Waals surface area (Å²) in [6.07, 6.45) is 4.39. The quantitative estimate of drug-likeness (QED) is 0.489. The Morgan fingerprint density at radius 2 is 2.09 bits per heavy atom. The molecule has 0 bridgehead atoms. The zero-order valence-corrected chi connectivity index (χ0v) is 12.7. The summed E-state index contributed by atoms with van der Waals surface area (Å²) in [5.41, 5.74) is 0.284. The molecule has 1 aromatic carbocycles. The first-order chi connectivity index (χ1) is 10.6. The molecule has 0 spiro atoms. The molecule has 2 heterocycles. The predicted octanol–water partition coefficient (Wildman–Crippen LogP) is 3.65. The third-order valence-electron chi connectivity index (χ3n) is 2.81. The lowest BCUT2D eigenvalue weighted by molar-refractivity contribution is -0.122. The number of benzene rings is 1. The molecule has 110 valence electrons. The number of hydrogen-bond donors (Lipinski definition) is 0. The van der Waals surface area contributed by atoms with E-state index in [2.05, 4.69) is 5.10 Å². The van der Waals surface area contributed by atoms with Gasteiger partial charge in [-0.15, -0.1) is 0 Å². The third kappa shape index (κ3) is 3.00. The highest BCUT2D eigenvalue weighted by Crippen LogP contribution is 2.32. The highest BCUT2D eigenvalue weighted by atomic mass is 32.2. The Morgan fingerprint density at radius 3 is 2.82 bits per heavy atom.